The van der Waals surface area contributed by atoms with Crippen molar-refractivity contribution >= 4 is 28.8 Å². The number of amides is 2. The van der Waals surface area contributed by atoms with Crippen LogP contribution in [0.15, 0.2) is 84.4 Å². The molecule has 5 nitrogen and oxygen atoms in total. The van der Waals surface area contributed by atoms with E-state index in [1.54, 1.807) is 33.3 Å². The molecule has 0 bridgehead atoms. The number of rotatable bonds is 8. The van der Waals surface area contributed by atoms with Crippen LogP contribution in [0.5, 0.6) is 0 Å². The van der Waals surface area contributed by atoms with Gasteiger partial charge in [-0.15, -0.1) is 11.3 Å². The summed E-state index contributed by atoms with van der Waals surface area (Å²) in [4.78, 5) is 31.8. The van der Waals surface area contributed by atoms with E-state index in [1.165, 1.54) is 12.1 Å². The zero-order chi connectivity index (χ0) is 25.1. The van der Waals surface area contributed by atoms with Crippen molar-refractivity contribution in [3.63, 3.8) is 0 Å². The fourth-order valence-electron chi connectivity index (χ4n) is 4.78. The molecule has 1 atom stereocenters. The molecule has 184 valence electrons. The van der Waals surface area contributed by atoms with Gasteiger partial charge in [0.05, 0.1) is 23.5 Å². The van der Waals surface area contributed by atoms with E-state index in [0.29, 0.717) is 6.54 Å². The summed E-state index contributed by atoms with van der Waals surface area (Å²) in [6, 6.07) is 21.4. The minimum Gasteiger partial charge on any atom is -0.333 e. The van der Waals surface area contributed by atoms with Crippen LogP contribution in [-0.4, -0.2) is 34.4 Å². The van der Waals surface area contributed by atoms with E-state index in [9.17, 15) is 14.0 Å². The number of halogens is 1. The molecule has 2 aromatic heterocycles. The summed E-state index contributed by atoms with van der Waals surface area (Å²) in [6.07, 6.45) is 4.01. The maximum atomic E-state index is 14.1. The third kappa shape index (κ3) is 4.71. The van der Waals surface area contributed by atoms with Gasteiger partial charge in [-0.1, -0.05) is 43.7 Å². The van der Waals surface area contributed by atoms with Gasteiger partial charge in [0.15, 0.2) is 0 Å². The summed E-state index contributed by atoms with van der Waals surface area (Å²) < 4.78 is 15.9. The average Bonchev–Trinajstić information content (AvgIpc) is 3.58. The molecule has 36 heavy (non-hydrogen) atoms. The monoisotopic (exact) mass is 501 g/mol. The number of benzene rings is 2. The lowest BCUT2D eigenvalue weighted by molar-refractivity contribution is -0.134. The molecule has 0 aliphatic carbocycles. The highest BCUT2D eigenvalue weighted by atomic mass is 32.1. The molecule has 2 amide bonds. The predicted octanol–water partition coefficient (Wildman–Crippen LogP) is 5.99. The van der Waals surface area contributed by atoms with Crippen LogP contribution < -0.4 is 4.90 Å². The van der Waals surface area contributed by atoms with Crippen LogP contribution >= 0.6 is 11.3 Å². The minimum absolute atomic E-state index is 0.0169. The zero-order valence-corrected chi connectivity index (χ0v) is 21.0. The maximum Gasteiger partial charge on any atom is 0.247 e. The zero-order valence-electron chi connectivity index (χ0n) is 20.1. The Morgan fingerprint density at radius 1 is 0.972 bits per heavy atom. The van der Waals surface area contributed by atoms with Crippen molar-refractivity contribution in [2.75, 3.05) is 18.0 Å². The van der Waals surface area contributed by atoms with E-state index in [2.05, 4.69) is 11.5 Å². The molecule has 0 N–H and O–H groups in total. The molecule has 3 heterocycles. The number of carbonyl (C=O) groups is 2. The summed E-state index contributed by atoms with van der Waals surface area (Å²) in [5, 5.41) is 1.96. The van der Waals surface area contributed by atoms with E-state index < -0.39 is 6.04 Å². The van der Waals surface area contributed by atoms with Gasteiger partial charge in [-0.05, 0) is 59.8 Å². The van der Waals surface area contributed by atoms with Crippen LogP contribution in [0.25, 0.3) is 5.69 Å². The van der Waals surface area contributed by atoms with E-state index in [4.69, 9.17) is 0 Å². The molecular weight excluding hydrogens is 473 g/mol. The Labute approximate surface area is 214 Å². The summed E-state index contributed by atoms with van der Waals surface area (Å²) in [5.74, 6) is -0.542. The summed E-state index contributed by atoms with van der Waals surface area (Å²) in [5.41, 5.74) is 3.39. The second-order valence-electron chi connectivity index (χ2n) is 8.93. The van der Waals surface area contributed by atoms with Crippen molar-refractivity contribution in [3.8, 4) is 5.69 Å². The largest absolute Gasteiger partial charge is 0.333 e. The Balaban J connectivity index is 1.52. The number of hydrogen-bond acceptors (Lipinski definition) is 3. The van der Waals surface area contributed by atoms with Gasteiger partial charge >= 0.3 is 0 Å². The van der Waals surface area contributed by atoms with E-state index in [1.807, 2.05) is 60.1 Å². The molecule has 0 radical (unpaired) electrons. The van der Waals surface area contributed by atoms with Crippen LogP contribution in [-0.2, 0) is 16.0 Å². The van der Waals surface area contributed by atoms with Crippen molar-refractivity contribution < 1.29 is 14.0 Å². The standard InChI is InChI=1S/C29H28FN3O2S/c1-2-3-16-31(27(34)19-23-8-7-18-36-23)20-28(35)33-25-10-5-4-9-24(25)32-17-6-11-26(32)29(33)21-12-14-22(30)15-13-21/h4-15,17-18,29H,2-3,16,19-20H2,1H3. The fourth-order valence-corrected chi connectivity index (χ4v) is 5.47. The van der Waals surface area contributed by atoms with Crippen LogP contribution in [0.4, 0.5) is 10.1 Å². The number of anilines is 1. The Morgan fingerprint density at radius 2 is 1.75 bits per heavy atom. The summed E-state index contributed by atoms with van der Waals surface area (Å²) in [6.45, 7) is 2.58. The first-order chi connectivity index (χ1) is 17.6. The van der Waals surface area contributed by atoms with E-state index in [0.717, 1.165) is 40.4 Å². The summed E-state index contributed by atoms with van der Waals surface area (Å²) >= 11 is 1.55. The summed E-state index contributed by atoms with van der Waals surface area (Å²) in [7, 11) is 0. The lowest BCUT2D eigenvalue weighted by Gasteiger charge is -2.39. The highest BCUT2D eigenvalue weighted by molar-refractivity contribution is 7.10. The Kier molecular flexibility index (Phi) is 7.00. The molecule has 1 unspecified atom stereocenters. The van der Waals surface area contributed by atoms with Gasteiger partial charge in [0, 0.05) is 17.6 Å². The normalized spacial score (nSPS) is 14.3. The second kappa shape index (κ2) is 10.5. The number of carbonyl (C=O) groups excluding carboxylic acids is 2. The highest BCUT2D eigenvalue weighted by Crippen LogP contribution is 2.42. The molecule has 1 aliphatic rings. The third-order valence-corrected chi connectivity index (χ3v) is 7.42. The van der Waals surface area contributed by atoms with Crippen LogP contribution in [0.3, 0.4) is 0 Å². The lowest BCUT2D eigenvalue weighted by Crippen LogP contribution is -2.47. The molecule has 0 spiro atoms. The molecule has 0 saturated heterocycles. The first-order valence-electron chi connectivity index (χ1n) is 12.2. The average molecular weight is 502 g/mol. The van der Waals surface area contributed by atoms with Crippen molar-refractivity contribution in [1.82, 2.24) is 9.47 Å². The molecular formula is C29H28FN3O2S. The van der Waals surface area contributed by atoms with Gasteiger partial charge in [0.1, 0.15) is 18.4 Å². The number of hydrogen-bond donors (Lipinski definition) is 0. The lowest BCUT2D eigenvalue weighted by atomic mass is 9.97. The number of thiophene rings is 1. The second-order valence-corrected chi connectivity index (χ2v) is 9.97. The third-order valence-electron chi connectivity index (χ3n) is 6.54. The number of aromatic nitrogens is 1. The Hall–Kier alpha value is -3.71. The number of para-hydroxylation sites is 2. The van der Waals surface area contributed by atoms with Gasteiger partial charge in [-0.25, -0.2) is 4.39 Å². The van der Waals surface area contributed by atoms with Gasteiger partial charge in [0.25, 0.3) is 0 Å². The molecule has 0 fully saturated rings. The molecule has 2 aromatic carbocycles. The molecule has 4 aromatic rings. The van der Waals surface area contributed by atoms with E-state index in [-0.39, 0.29) is 30.6 Å². The molecule has 1 aliphatic heterocycles. The van der Waals surface area contributed by atoms with Crippen molar-refractivity contribution in [2.45, 2.75) is 32.2 Å². The molecule has 5 rings (SSSR count). The SMILES string of the molecule is CCCCN(CC(=O)N1c2ccccc2-n2cccc2C1c1ccc(F)cc1)C(=O)Cc1cccs1. The van der Waals surface area contributed by atoms with Crippen LogP contribution in [0.1, 0.15) is 41.9 Å². The Morgan fingerprint density at radius 3 is 2.47 bits per heavy atom. The topological polar surface area (TPSA) is 45.6 Å². The molecule has 0 saturated carbocycles. The first-order valence-corrected chi connectivity index (χ1v) is 13.1. The highest BCUT2D eigenvalue weighted by Gasteiger charge is 2.36. The van der Waals surface area contributed by atoms with Crippen molar-refractivity contribution in [3.05, 3.63) is 106 Å². The van der Waals surface area contributed by atoms with E-state index >= 15 is 0 Å². The predicted molar refractivity (Wildman–Crippen MR) is 141 cm³/mol. The van der Waals surface area contributed by atoms with Crippen LogP contribution in [0.2, 0.25) is 0 Å². The maximum absolute atomic E-state index is 14.1. The minimum atomic E-state index is -0.441. The first kappa shape index (κ1) is 24.0. The van der Waals surface area contributed by atoms with Gasteiger partial charge in [-0.3, -0.25) is 14.5 Å². The number of fused-ring (bicyclic) bond motifs is 3. The van der Waals surface area contributed by atoms with Crippen molar-refractivity contribution in [2.24, 2.45) is 0 Å². The van der Waals surface area contributed by atoms with Gasteiger partial charge in [0.2, 0.25) is 11.8 Å². The van der Waals surface area contributed by atoms with Crippen molar-refractivity contribution in [1.29, 1.82) is 0 Å². The number of nitrogens with zero attached hydrogens (tertiary/aromatic N) is 3. The molecule has 7 heteroatoms. The quantitative estimate of drug-likeness (QED) is 0.298. The fraction of sp³-hybridized carbons (Fsp3) is 0.241. The smallest absolute Gasteiger partial charge is 0.247 e. The Bertz CT molecular complexity index is 1350. The van der Waals surface area contributed by atoms with Crippen LogP contribution in [0, 0.1) is 5.82 Å². The van der Waals surface area contributed by atoms with Gasteiger partial charge in [-0.2, -0.15) is 0 Å². The number of unbranched alkanes of at least 4 members (excludes halogenated alkanes) is 1. The van der Waals surface area contributed by atoms with Gasteiger partial charge < -0.3 is 9.47 Å².